The van der Waals surface area contributed by atoms with E-state index in [0.29, 0.717) is 27.2 Å². The van der Waals surface area contributed by atoms with Gasteiger partial charge in [0.1, 0.15) is 17.5 Å². The summed E-state index contributed by atoms with van der Waals surface area (Å²) in [4.78, 5) is 17.4. The van der Waals surface area contributed by atoms with Gasteiger partial charge >= 0.3 is 5.97 Å². The van der Waals surface area contributed by atoms with Crippen LogP contribution in [0.1, 0.15) is 29.3 Å². The van der Waals surface area contributed by atoms with Crippen molar-refractivity contribution < 1.29 is 14.6 Å². The molecule has 2 heterocycles. The third-order valence-electron chi connectivity index (χ3n) is 3.86. The van der Waals surface area contributed by atoms with Crippen molar-refractivity contribution in [1.29, 1.82) is 0 Å². The van der Waals surface area contributed by atoms with E-state index in [2.05, 4.69) is 4.98 Å². The molecule has 0 aliphatic carbocycles. The molecular formula is C21H17Cl2NO3S2. The molecule has 29 heavy (non-hydrogen) atoms. The summed E-state index contributed by atoms with van der Waals surface area (Å²) in [5.41, 5.74) is 1.21. The maximum atomic E-state index is 11.0. The monoisotopic (exact) mass is 465 g/mol. The Bertz CT molecular complexity index is 1000. The first-order chi connectivity index (χ1) is 13.9. The van der Waals surface area contributed by atoms with Crippen molar-refractivity contribution in [2.24, 2.45) is 0 Å². The van der Waals surface area contributed by atoms with E-state index in [1.54, 1.807) is 29.5 Å². The van der Waals surface area contributed by atoms with Crippen molar-refractivity contribution in [3.63, 3.8) is 0 Å². The second kappa shape index (κ2) is 10.2. The topological polar surface area (TPSA) is 59.4 Å². The van der Waals surface area contributed by atoms with Crippen molar-refractivity contribution in [3.8, 4) is 5.75 Å². The Morgan fingerprint density at radius 1 is 1.24 bits per heavy atom. The van der Waals surface area contributed by atoms with E-state index in [4.69, 9.17) is 33.0 Å². The van der Waals surface area contributed by atoms with Gasteiger partial charge in [-0.05, 0) is 48.7 Å². The number of carboxylic acid groups (broad SMARTS) is 1. The third-order valence-corrected chi connectivity index (χ3v) is 6.91. The standard InChI is InChI=1S/C21H17Cl2NO3S2/c1-13(19-6-3-11-28-19)27-18-9-7-14(24-17(18)8-10-20(25)26)12-29-21-15(22)4-2-5-16(21)23/h2-11,13H,12H2,1H3,(H,25,26)/b10-8+. The summed E-state index contributed by atoms with van der Waals surface area (Å²) in [6, 6.07) is 13.0. The van der Waals surface area contributed by atoms with Gasteiger partial charge in [-0.3, -0.25) is 0 Å². The van der Waals surface area contributed by atoms with Crippen LogP contribution in [0.15, 0.2) is 58.8 Å². The normalized spacial score (nSPS) is 12.2. The molecule has 3 aromatic rings. The Morgan fingerprint density at radius 2 is 2.00 bits per heavy atom. The summed E-state index contributed by atoms with van der Waals surface area (Å²) in [5, 5.41) is 12.1. The summed E-state index contributed by atoms with van der Waals surface area (Å²) in [7, 11) is 0. The minimum absolute atomic E-state index is 0.170. The highest BCUT2D eigenvalue weighted by molar-refractivity contribution is 7.98. The molecule has 0 amide bonds. The Morgan fingerprint density at radius 3 is 2.66 bits per heavy atom. The van der Waals surface area contributed by atoms with Crippen molar-refractivity contribution >= 4 is 58.3 Å². The average molecular weight is 466 g/mol. The number of thioether (sulfide) groups is 1. The van der Waals surface area contributed by atoms with Gasteiger partial charge in [0.2, 0.25) is 0 Å². The van der Waals surface area contributed by atoms with Gasteiger partial charge < -0.3 is 9.84 Å². The van der Waals surface area contributed by atoms with Crippen LogP contribution in [-0.4, -0.2) is 16.1 Å². The van der Waals surface area contributed by atoms with E-state index >= 15 is 0 Å². The number of pyridine rings is 1. The molecule has 1 N–H and O–H groups in total. The SMILES string of the molecule is CC(Oc1ccc(CSc2c(Cl)cccc2Cl)nc1/C=C/C(=O)O)c1cccs1. The number of benzene rings is 1. The first-order valence-corrected chi connectivity index (χ1v) is 11.2. The van der Waals surface area contributed by atoms with Crippen molar-refractivity contribution in [1.82, 2.24) is 4.98 Å². The number of ether oxygens (including phenoxy) is 1. The van der Waals surface area contributed by atoms with Crippen LogP contribution in [-0.2, 0) is 10.5 Å². The zero-order valence-electron chi connectivity index (χ0n) is 15.3. The molecule has 1 aromatic carbocycles. The van der Waals surface area contributed by atoms with E-state index in [0.717, 1.165) is 21.5 Å². The Kier molecular flexibility index (Phi) is 7.61. The van der Waals surface area contributed by atoms with E-state index in [1.807, 2.05) is 36.6 Å². The van der Waals surface area contributed by atoms with Crippen LogP contribution in [0.4, 0.5) is 0 Å². The van der Waals surface area contributed by atoms with Crippen LogP contribution in [0.3, 0.4) is 0 Å². The van der Waals surface area contributed by atoms with E-state index in [1.165, 1.54) is 17.8 Å². The molecular weight excluding hydrogens is 449 g/mol. The lowest BCUT2D eigenvalue weighted by Gasteiger charge is -2.15. The number of carboxylic acids is 1. The lowest BCUT2D eigenvalue weighted by Crippen LogP contribution is -2.04. The Hall–Kier alpha value is -1.99. The third kappa shape index (κ3) is 6.00. The number of nitrogens with zero attached hydrogens (tertiary/aromatic N) is 1. The highest BCUT2D eigenvalue weighted by Gasteiger charge is 2.13. The van der Waals surface area contributed by atoms with Gasteiger partial charge in [-0.1, -0.05) is 35.3 Å². The molecule has 0 spiro atoms. The molecule has 150 valence electrons. The van der Waals surface area contributed by atoms with E-state index < -0.39 is 5.97 Å². The highest BCUT2D eigenvalue weighted by atomic mass is 35.5. The van der Waals surface area contributed by atoms with Crippen LogP contribution in [0.25, 0.3) is 6.08 Å². The predicted octanol–water partition coefficient (Wildman–Crippen LogP) is 6.98. The van der Waals surface area contributed by atoms with Gasteiger partial charge in [0.15, 0.2) is 0 Å². The maximum Gasteiger partial charge on any atom is 0.328 e. The van der Waals surface area contributed by atoms with Crippen molar-refractivity contribution in [3.05, 3.63) is 80.2 Å². The maximum absolute atomic E-state index is 11.0. The molecule has 0 fully saturated rings. The lowest BCUT2D eigenvalue weighted by atomic mass is 10.2. The van der Waals surface area contributed by atoms with E-state index in [9.17, 15) is 4.79 Å². The van der Waals surface area contributed by atoms with Gasteiger partial charge in [-0.15, -0.1) is 23.1 Å². The van der Waals surface area contributed by atoms with Gasteiger partial charge in [0.25, 0.3) is 0 Å². The molecule has 0 aliphatic heterocycles. The number of halogens is 2. The summed E-state index contributed by atoms with van der Waals surface area (Å²) >= 11 is 15.5. The zero-order chi connectivity index (χ0) is 20.8. The van der Waals surface area contributed by atoms with Crippen LogP contribution in [0, 0.1) is 0 Å². The Balaban J connectivity index is 1.82. The number of carbonyl (C=O) groups is 1. The largest absolute Gasteiger partial charge is 0.483 e. The molecule has 3 rings (SSSR count). The van der Waals surface area contributed by atoms with Crippen molar-refractivity contribution in [2.75, 3.05) is 0 Å². The number of thiophene rings is 1. The van der Waals surface area contributed by atoms with Crippen molar-refractivity contribution in [2.45, 2.75) is 23.7 Å². The summed E-state index contributed by atoms with van der Waals surface area (Å²) in [6.07, 6.45) is 2.32. The van der Waals surface area contributed by atoms with Gasteiger partial charge in [-0.25, -0.2) is 9.78 Å². The number of hydrogen-bond acceptors (Lipinski definition) is 5. The smallest absolute Gasteiger partial charge is 0.328 e. The summed E-state index contributed by atoms with van der Waals surface area (Å²) in [6.45, 7) is 1.94. The van der Waals surface area contributed by atoms with Crippen LogP contribution in [0.5, 0.6) is 5.75 Å². The number of aliphatic carboxylic acids is 1. The minimum Gasteiger partial charge on any atom is -0.483 e. The molecule has 1 unspecified atom stereocenters. The van der Waals surface area contributed by atoms with Gasteiger partial charge in [-0.2, -0.15) is 0 Å². The molecule has 0 saturated heterocycles. The Labute approximate surface area is 187 Å². The number of rotatable bonds is 8. The second-order valence-corrected chi connectivity index (χ2v) is 8.75. The fourth-order valence-electron chi connectivity index (χ4n) is 2.49. The van der Waals surface area contributed by atoms with Gasteiger partial charge in [0.05, 0.1) is 15.7 Å². The number of aromatic nitrogens is 1. The quantitative estimate of drug-likeness (QED) is 0.287. The summed E-state index contributed by atoms with van der Waals surface area (Å²) < 4.78 is 6.03. The molecule has 0 bridgehead atoms. The van der Waals surface area contributed by atoms with Crippen LogP contribution in [0.2, 0.25) is 10.0 Å². The minimum atomic E-state index is -1.05. The predicted molar refractivity (Wildman–Crippen MR) is 120 cm³/mol. The number of hydrogen-bond donors (Lipinski definition) is 1. The zero-order valence-corrected chi connectivity index (χ0v) is 18.5. The average Bonchev–Trinajstić information content (AvgIpc) is 3.22. The first-order valence-electron chi connectivity index (χ1n) is 8.62. The molecule has 0 radical (unpaired) electrons. The molecule has 1 atom stereocenters. The lowest BCUT2D eigenvalue weighted by molar-refractivity contribution is -0.131. The molecule has 4 nitrogen and oxygen atoms in total. The van der Waals surface area contributed by atoms with Crippen LogP contribution >= 0.6 is 46.3 Å². The molecule has 2 aromatic heterocycles. The molecule has 8 heteroatoms. The first kappa shape index (κ1) is 21.7. The highest BCUT2D eigenvalue weighted by Crippen LogP contribution is 2.36. The molecule has 0 aliphatic rings. The molecule has 0 saturated carbocycles. The fourth-order valence-corrected chi connectivity index (χ4v) is 4.79. The fraction of sp³-hybridized carbons (Fsp3) is 0.143. The van der Waals surface area contributed by atoms with Crippen LogP contribution < -0.4 is 4.74 Å². The second-order valence-electron chi connectivity index (χ2n) is 5.97. The van der Waals surface area contributed by atoms with E-state index in [-0.39, 0.29) is 6.10 Å². The van der Waals surface area contributed by atoms with Gasteiger partial charge in [0, 0.05) is 21.6 Å². The summed E-state index contributed by atoms with van der Waals surface area (Å²) in [5.74, 6) is -0.00222.